The number of aromatic nitrogens is 4. The molecule has 4 aromatic rings. The van der Waals surface area contributed by atoms with Crippen molar-refractivity contribution in [2.75, 3.05) is 68.6 Å². The molecule has 42 heavy (non-hydrogen) atoms. The van der Waals surface area contributed by atoms with Crippen LogP contribution in [-0.2, 0) is 4.74 Å². The lowest BCUT2D eigenvalue weighted by atomic mass is 10.4. The Labute approximate surface area is 263 Å². The number of nitrogens with two attached hydrogens (primary N) is 2. The lowest BCUT2D eigenvalue weighted by Crippen LogP contribution is -2.25. The third kappa shape index (κ3) is 12.1. The lowest BCUT2D eigenvalue weighted by Gasteiger charge is -2.11. The third-order valence-corrected chi connectivity index (χ3v) is 7.67. The zero-order chi connectivity index (χ0) is 30.2. The van der Waals surface area contributed by atoms with Crippen molar-refractivity contribution in [1.29, 1.82) is 0 Å². The standard InChI is InChI=1S/C14H18ClN5OS.C13H15ClN4OS/c15-10-1-3-11(4-2-10)22-12-9-19-14(16)20-13(12)18-6-5-17-7-8-21;1-19-7-6-16-12-11(8-17-13(15)18-12)20-10-4-2-9(14)3-5-10/h1-4,9,17,21H,5-8H2,(H3,16,18,19,20);2-5,8H,6-7H2,1H3,(H3,15,16,17,18). The number of nitrogen functional groups attached to an aromatic ring is 2. The van der Waals surface area contributed by atoms with Gasteiger partial charge in [0, 0.05) is 65.5 Å². The topological polar surface area (TPSA) is 169 Å². The molecule has 224 valence electrons. The fraction of sp³-hybridized carbons (Fsp3) is 0.259. The van der Waals surface area contributed by atoms with Gasteiger partial charge >= 0.3 is 0 Å². The highest BCUT2D eigenvalue weighted by atomic mass is 35.5. The Morgan fingerprint density at radius 3 is 1.67 bits per heavy atom. The molecule has 0 spiro atoms. The first-order chi connectivity index (χ1) is 20.4. The summed E-state index contributed by atoms with van der Waals surface area (Å²) >= 11 is 14.8. The Morgan fingerprint density at radius 2 is 1.21 bits per heavy atom. The number of nitrogens with zero attached hydrogens (tertiary/aromatic N) is 4. The van der Waals surface area contributed by atoms with E-state index in [4.69, 9.17) is 44.5 Å². The Hall–Kier alpha value is -3.04. The average Bonchev–Trinajstić information content (AvgIpc) is 2.98. The predicted molar refractivity (Wildman–Crippen MR) is 173 cm³/mol. The maximum absolute atomic E-state index is 8.71. The molecule has 0 aliphatic heterocycles. The van der Waals surface area contributed by atoms with Gasteiger partial charge in [-0.15, -0.1) is 0 Å². The maximum atomic E-state index is 8.71. The van der Waals surface area contributed by atoms with Gasteiger partial charge in [-0.3, -0.25) is 0 Å². The fourth-order valence-corrected chi connectivity index (χ4v) is 5.12. The summed E-state index contributed by atoms with van der Waals surface area (Å²) < 4.78 is 5.01. The molecule has 15 heteroatoms. The molecule has 0 aliphatic carbocycles. The summed E-state index contributed by atoms with van der Waals surface area (Å²) in [7, 11) is 1.65. The summed E-state index contributed by atoms with van der Waals surface area (Å²) in [4.78, 5) is 20.4. The van der Waals surface area contributed by atoms with Gasteiger partial charge in [-0.05, 0) is 48.5 Å². The minimum Gasteiger partial charge on any atom is -0.395 e. The molecule has 4 rings (SSSR count). The summed E-state index contributed by atoms with van der Waals surface area (Å²) in [6.07, 6.45) is 3.40. The van der Waals surface area contributed by atoms with Crippen molar-refractivity contribution in [3.05, 3.63) is 71.0 Å². The SMILES string of the molecule is COCCNc1nc(N)ncc1Sc1ccc(Cl)cc1.Nc1ncc(Sc2ccc(Cl)cc2)c(NCCNCCO)n1. The Kier molecular flexibility index (Phi) is 14.7. The zero-order valence-corrected chi connectivity index (χ0v) is 26.0. The number of aliphatic hydroxyl groups excluding tert-OH is 1. The summed E-state index contributed by atoms with van der Waals surface area (Å²) in [5.74, 6) is 1.87. The Morgan fingerprint density at radius 1 is 0.738 bits per heavy atom. The van der Waals surface area contributed by atoms with Crippen molar-refractivity contribution >= 4 is 70.3 Å². The van der Waals surface area contributed by atoms with Crippen LogP contribution in [0.4, 0.5) is 23.5 Å². The van der Waals surface area contributed by atoms with E-state index in [1.807, 2.05) is 48.5 Å². The molecular formula is C27H33Cl2N9O2S2. The second kappa shape index (κ2) is 18.5. The normalized spacial score (nSPS) is 10.6. The van der Waals surface area contributed by atoms with Crippen LogP contribution in [0.5, 0.6) is 0 Å². The van der Waals surface area contributed by atoms with E-state index in [0.717, 1.165) is 26.1 Å². The molecule has 0 bridgehead atoms. The van der Waals surface area contributed by atoms with Crippen LogP contribution in [0.25, 0.3) is 0 Å². The van der Waals surface area contributed by atoms with Crippen molar-refractivity contribution in [2.45, 2.75) is 19.6 Å². The maximum Gasteiger partial charge on any atom is 0.221 e. The van der Waals surface area contributed by atoms with Crippen molar-refractivity contribution < 1.29 is 9.84 Å². The van der Waals surface area contributed by atoms with Crippen molar-refractivity contribution in [2.24, 2.45) is 0 Å². The Bertz CT molecular complexity index is 1370. The molecule has 8 N–H and O–H groups in total. The molecule has 0 amide bonds. The summed E-state index contributed by atoms with van der Waals surface area (Å²) in [5, 5.41) is 19.6. The van der Waals surface area contributed by atoms with Gasteiger partial charge < -0.3 is 37.3 Å². The van der Waals surface area contributed by atoms with E-state index in [2.05, 4.69) is 35.9 Å². The molecule has 2 aromatic carbocycles. The highest BCUT2D eigenvalue weighted by Gasteiger charge is 2.09. The molecule has 0 saturated heterocycles. The predicted octanol–water partition coefficient (Wildman–Crippen LogP) is 4.78. The zero-order valence-electron chi connectivity index (χ0n) is 22.9. The van der Waals surface area contributed by atoms with Crippen LogP contribution in [0.1, 0.15) is 0 Å². The van der Waals surface area contributed by atoms with Crippen LogP contribution in [0.3, 0.4) is 0 Å². The number of anilines is 4. The first-order valence-electron chi connectivity index (χ1n) is 12.8. The molecule has 0 saturated carbocycles. The quantitative estimate of drug-likeness (QED) is 0.103. The van der Waals surface area contributed by atoms with E-state index in [-0.39, 0.29) is 18.5 Å². The van der Waals surface area contributed by atoms with E-state index in [9.17, 15) is 0 Å². The van der Waals surface area contributed by atoms with Crippen molar-refractivity contribution in [3.8, 4) is 0 Å². The molecule has 0 unspecified atom stereocenters. The van der Waals surface area contributed by atoms with E-state index < -0.39 is 0 Å². The smallest absolute Gasteiger partial charge is 0.221 e. The minimum absolute atomic E-state index is 0.123. The molecule has 2 aromatic heterocycles. The van der Waals surface area contributed by atoms with E-state index in [0.29, 0.717) is 47.9 Å². The molecule has 0 aliphatic rings. The van der Waals surface area contributed by atoms with Crippen LogP contribution in [0.2, 0.25) is 10.0 Å². The third-order valence-electron chi connectivity index (χ3n) is 5.11. The number of halogens is 2. The average molecular weight is 651 g/mol. The van der Waals surface area contributed by atoms with Crippen LogP contribution >= 0.6 is 46.7 Å². The molecule has 0 radical (unpaired) electrons. The Balaban J connectivity index is 0.000000231. The molecule has 0 fully saturated rings. The number of ether oxygens (including phenoxy) is 1. The molecule has 11 nitrogen and oxygen atoms in total. The van der Waals surface area contributed by atoms with Crippen LogP contribution in [0.15, 0.2) is 80.5 Å². The number of rotatable bonds is 14. The molecular weight excluding hydrogens is 617 g/mol. The number of nitrogens with one attached hydrogen (secondary N) is 3. The van der Waals surface area contributed by atoms with Gasteiger partial charge in [0.25, 0.3) is 0 Å². The summed E-state index contributed by atoms with van der Waals surface area (Å²) in [5.41, 5.74) is 11.3. The van der Waals surface area contributed by atoms with Crippen LogP contribution in [0, 0.1) is 0 Å². The van der Waals surface area contributed by atoms with Crippen molar-refractivity contribution in [3.63, 3.8) is 0 Å². The number of methoxy groups -OCH3 is 1. The fourth-order valence-electron chi connectivity index (χ4n) is 3.18. The monoisotopic (exact) mass is 649 g/mol. The van der Waals surface area contributed by atoms with E-state index >= 15 is 0 Å². The van der Waals surface area contributed by atoms with Gasteiger partial charge in [-0.1, -0.05) is 46.7 Å². The minimum atomic E-state index is 0.123. The highest BCUT2D eigenvalue weighted by molar-refractivity contribution is 7.99. The van der Waals surface area contributed by atoms with Crippen molar-refractivity contribution in [1.82, 2.24) is 25.3 Å². The summed E-state index contributed by atoms with van der Waals surface area (Å²) in [6, 6.07) is 15.2. The highest BCUT2D eigenvalue weighted by Crippen LogP contribution is 2.33. The number of benzene rings is 2. The first kappa shape index (κ1) is 33.5. The van der Waals surface area contributed by atoms with Gasteiger partial charge in [0.1, 0.15) is 11.6 Å². The lowest BCUT2D eigenvalue weighted by molar-refractivity contribution is 0.210. The molecule has 2 heterocycles. The number of hydrogen-bond acceptors (Lipinski definition) is 13. The second-order valence-electron chi connectivity index (χ2n) is 8.31. The van der Waals surface area contributed by atoms with Gasteiger partial charge in [0.2, 0.25) is 11.9 Å². The largest absolute Gasteiger partial charge is 0.395 e. The van der Waals surface area contributed by atoms with E-state index in [1.54, 1.807) is 31.3 Å². The van der Waals surface area contributed by atoms with Gasteiger partial charge in [0.05, 0.1) is 23.0 Å². The number of aliphatic hydroxyl groups is 1. The first-order valence-corrected chi connectivity index (χ1v) is 15.2. The summed E-state index contributed by atoms with van der Waals surface area (Å²) in [6.45, 7) is 3.33. The van der Waals surface area contributed by atoms with Gasteiger partial charge in [0.15, 0.2) is 0 Å². The van der Waals surface area contributed by atoms with Crippen LogP contribution in [-0.4, -0.2) is 71.5 Å². The number of hydrogen-bond donors (Lipinski definition) is 6. The van der Waals surface area contributed by atoms with E-state index in [1.165, 1.54) is 11.8 Å². The van der Waals surface area contributed by atoms with Gasteiger partial charge in [-0.25, -0.2) is 9.97 Å². The second-order valence-corrected chi connectivity index (χ2v) is 11.4. The van der Waals surface area contributed by atoms with Gasteiger partial charge in [-0.2, -0.15) is 9.97 Å². The van der Waals surface area contributed by atoms with Crippen LogP contribution < -0.4 is 27.4 Å². The molecule has 0 atom stereocenters.